The summed E-state index contributed by atoms with van der Waals surface area (Å²) >= 11 is 0. The minimum absolute atomic E-state index is 0.0334. The SMILES string of the molecule is C/C=C(\C=C/C1=C(C)C(=O)N(C2CCC(=O)NC2=O)C1)C(C)(C)C. The second-order valence-electron chi connectivity index (χ2n) is 7.38. The second kappa shape index (κ2) is 6.75. The number of piperidine rings is 1. The molecule has 2 aliphatic rings. The van der Waals surface area contributed by atoms with Crippen LogP contribution >= 0.6 is 0 Å². The van der Waals surface area contributed by atoms with Crippen molar-refractivity contribution in [2.75, 3.05) is 6.54 Å². The molecular weight excluding hydrogens is 304 g/mol. The lowest BCUT2D eigenvalue weighted by atomic mass is 9.86. The van der Waals surface area contributed by atoms with E-state index in [-0.39, 0.29) is 29.6 Å². The van der Waals surface area contributed by atoms with Crippen LogP contribution in [0.2, 0.25) is 0 Å². The molecule has 0 aliphatic carbocycles. The average molecular weight is 330 g/mol. The summed E-state index contributed by atoms with van der Waals surface area (Å²) < 4.78 is 0. The molecule has 0 aromatic heterocycles. The van der Waals surface area contributed by atoms with E-state index in [1.807, 2.05) is 19.1 Å². The fourth-order valence-electron chi connectivity index (χ4n) is 3.11. The molecule has 1 saturated heterocycles. The molecule has 1 unspecified atom stereocenters. The summed E-state index contributed by atoms with van der Waals surface area (Å²) in [7, 11) is 0. The van der Waals surface area contributed by atoms with Crippen LogP contribution < -0.4 is 5.32 Å². The molecule has 5 heteroatoms. The minimum Gasteiger partial charge on any atom is -0.323 e. The van der Waals surface area contributed by atoms with Crippen molar-refractivity contribution >= 4 is 17.7 Å². The number of nitrogens with one attached hydrogen (secondary N) is 1. The lowest BCUT2D eigenvalue weighted by Crippen LogP contribution is -2.53. The number of nitrogens with zero attached hydrogens (tertiary/aromatic N) is 1. The first-order chi connectivity index (χ1) is 11.1. The highest BCUT2D eigenvalue weighted by molar-refractivity contribution is 6.05. The van der Waals surface area contributed by atoms with Gasteiger partial charge in [0.05, 0.1) is 0 Å². The summed E-state index contributed by atoms with van der Waals surface area (Å²) in [6.45, 7) is 10.6. The number of hydrogen-bond acceptors (Lipinski definition) is 3. The first kappa shape index (κ1) is 18.2. The lowest BCUT2D eigenvalue weighted by molar-refractivity contribution is -0.142. The monoisotopic (exact) mass is 330 g/mol. The van der Waals surface area contributed by atoms with E-state index < -0.39 is 6.04 Å². The van der Waals surface area contributed by atoms with Crippen molar-refractivity contribution in [3.63, 3.8) is 0 Å². The maximum atomic E-state index is 12.5. The quantitative estimate of drug-likeness (QED) is 0.639. The number of hydrogen-bond donors (Lipinski definition) is 1. The zero-order valence-electron chi connectivity index (χ0n) is 15.1. The van der Waals surface area contributed by atoms with Crippen molar-refractivity contribution in [2.24, 2.45) is 5.41 Å². The van der Waals surface area contributed by atoms with Crippen LogP contribution in [0.4, 0.5) is 0 Å². The molecule has 0 saturated carbocycles. The zero-order valence-corrected chi connectivity index (χ0v) is 15.1. The maximum absolute atomic E-state index is 12.5. The van der Waals surface area contributed by atoms with Crippen molar-refractivity contribution in [3.8, 4) is 0 Å². The molecule has 0 spiro atoms. The Labute approximate surface area is 143 Å². The summed E-state index contributed by atoms with van der Waals surface area (Å²) in [5.74, 6) is -0.765. The van der Waals surface area contributed by atoms with E-state index in [0.717, 1.165) is 5.57 Å². The molecule has 1 atom stereocenters. The van der Waals surface area contributed by atoms with Gasteiger partial charge in [-0.2, -0.15) is 0 Å². The molecule has 5 nitrogen and oxygen atoms in total. The second-order valence-corrected chi connectivity index (χ2v) is 7.38. The van der Waals surface area contributed by atoms with Crippen molar-refractivity contribution in [3.05, 3.63) is 34.9 Å². The molecule has 24 heavy (non-hydrogen) atoms. The molecule has 0 radical (unpaired) electrons. The van der Waals surface area contributed by atoms with Crippen LogP contribution in [-0.4, -0.2) is 35.2 Å². The third-order valence-corrected chi connectivity index (χ3v) is 4.63. The molecule has 3 amide bonds. The number of rotatable bonds is 3. The molecule has 130 valence electrons. The van der Waals surface area contributed by atoms with Gasteiger partial charge >= 0.3 is 0 Å². The summed E-state index contributed by atoms with van der Waals surface area (Å²) in [5.41, 5.74) is 2.81. The lowest BCUT2D eigenvalue weighted by Gasteiger charge is -2.29. The summed E-state index contributed by atoms with van der Waals surface area (Å²) in [5, 5.41) is 2.32. The predicted octanol–water partition coefficient (Wildman–Crippen LogP) is 2.50. The Balaban J connectivity index is 2.16. The number of imide groups is 1. The summed E-state index contributed by atoms with van der Waals surface area (Å²) in [4.78, 5) is 37.4. The van der Waals surface area contributed by atoms with E-state index in [4.69, 9.17) is 0 Å². The van der Waals surface area contributed by atoms with Gasteiger partial charge in [-0.1, -0.05) is 39.0 Å². The van der Waals surface area contributed by atoms with Crippen molar-refractivity contribution < 1.29 is 14.4 Å². The zero-order chi connectivity index (χ0) is 18.1. The number of carbonyl (C=O) groups is 3. The largest absolute Gasteiger partial charge is 0.323 e. The van der Waals surface area contributed by atoms with Crippen LogP contribution in [0.25, 0.3) is 0 Å². The maximum Gasteiger partial charge on any atom is 0.250 e. The summed E-state index contributed by atoms with van der Waals surface area (Å²) in [6, 6.07) is -0.556. The van der Waals surface area contributed by atoms with Crippen LogP contribution in [0, 0.1) is 5.41 Å². The third kappa shape index (κ3) is 3.66. The van der Waals surface area contributed by atoms with Crippen molar-refractivity contribution in [2.45, 2.75) is 53.5 Å². The van der Waals surface area contributed by atoms with Crippen LogP contribution in [-0.2, 0) is 14.4 Å². The Bertz CT molecular complexity index is 663. The number of allylic oxidation sites excluding steroid dienone is 3. The Morgan fingerprint density at radius 3 is 2.46 bits per heavy atom. The van der Waals surface area contributed by atoms with Gasteiger partial charge in [-0.3, -0.25) is 19.7 Å². The standard InChI is InChI=1S/C19H26N2O3/c1-6-14(19(3,4)5)8-7-13-11-21(18(24)12(13)2)15-9-10-16(22)20-17(15)23/h6-8,15H,9-11H2,1-5H3,(H,20,22,23)/b8-7-,14-6+. The highest BCUT2D eigenvalue weighted by atomic mass is 16.2. The van der Waals surface area contributed by atoms with E-state index in [1.165, 1.54) is 5.57 Å². The molecular formula is C19H26N2O3. The molecule has 1 N–H and O–H groups in total. The van der Waals surface area contributed by atoms with Crippen LogP contribution in [0.1, 0.15) is 47.5 Å². The van der Waals surface area contributed by atoms with E-state index in [1.54, 1.807) is 11.8 Å². The average Bonchev–Trinajstić information content (AvgIpc) is 2.75. The highest BCUT2D eigenvalue weighted by Crippen LogP contribution is 2.29. The Hall–Kier alpha value is -2.17. The van der Waals surface area contributed by atoms with Crippen molar-refractivity contribution in [1.82, 2.24) is 10.2 Å². The number of amides is 3. The van der Waals surface area contributed by atoms with Gasteiger partial charge in [0.25, 0.3) is 5.91 Å². The van der Waals surface area contributed by atoms with Crippen LogP contribution in [0.15, 0.2) is 34.9 Å². The molecule has 2 heterocycles. The minimum atomic E-state index is -0.556. The number of carbonyl (C=O) groups excluding carboxylic acids is 3. The van der Waals surface area contributed by atoms with Gasteiger partial charge in [0.15, 0.2) is 0 Å². The van der Waals surface area contributed by atoms with Gasteiger partial charge in [-0.05, 0) is 36.8 Å². The highest BCUT2D eigenvalue weighted by Gasteiger charge is 2.38. The van der Waals surface area contributed by atoms with Crippen molar-refractivity contribution in [1.29, 1.82) is 0 Å². The fourth-order valence-corrected chi connectivity index (χ4v) is 3.11. The molecule has 2 rings (SSSR count). The fraction of sp³-hybridized carbons (Fsp3) is 0.526. The van der Waals surface area contributed by atoms with Gasteiger partial charge in [0.1, 0.15) is 6.04 Å². The first-order valence-electron chi connectivity index (χ1n) is 8.34. The predicted molar refractivity (Wildman–Crippen MR) is 92.9 cm³/mol. The van der Waals surface area contributed by atoms with Crippen LogP contribution in [0.5, 0.6) is 0 Å². The summed E-state index contributed by atoms with van der Waals surface area (Å²) in [6.07, 6.45) is 6.75. The molecule has 0 aromatic rings. The van der Waals surface area contributed by atoms with Gasteiger partial charge in [-0.25, -0.2) is 0 Å². The topological polar surface area (TPSA) is 66.5 Å². The Morgan fingerprint density at radius 2 is 1.92 bits per heavy atom. The van der Waals surface area contributed by atoms with Gasteiger partial charge in [0.2, 0.25) is 11.8 Å². The van der Waals surface area contributed by atoms with E-state index in [9.17, 15) is 14.4 Å². The molecule has 0 aromatic carbocycles. The van der Waals surface area contributed by atoms with Crippen LogP contribution in [0.3, 0.4) is 0 Å². The third-order valence-electron chi connectivity index (χ3n) is 4.63. The normalized spacial score (nSPS) is 23.5. The Morgan fingerprint density at radius 1 is 1.25 bits per heavy atom. The van der Waals surface area contributed by atoms with E-state index in [0.29, 0.717) is 18.5 Å². The first-order valence-corrected chi connectivity index (χ1v) is 8.34. The van der Waals surface area contributed by atoms with E-state index in [2.05, 4.69) is 32.2 Å². The molecule has 2 aliphatic heterocycles. The van der Waals surface area contributed by atoms with Gasteiger partial charge in [0, 0.05) is 18.5 Å². The smallest absolute Gasteiger partial charge is 0.250 e. The van der Waals surface area contributed by atoms with E-state index >= 15 is 0 Å². The molecule has 0 bridgehead atoms. The molecule has 1 fully saturated rings. The Kier molecular flexibility index (Phi) is 5.11. The van der Waals surface area contributed by atoms with Gasteiger partial charge in [-0.15, -0.1) is 0 Å². The van der Waals surface area contributed by atoms with Gasteiger partial charge < -0.3 is 4.90 Å².